The Morgan fingerprint density at radius 3 is 2.83 bits per heavy atom. The van der Waals surface area contributed by atoms with E-state index < -0.39 is 11.9 Å². The summed E-state index contributed by atoms with van der Waals surface area (Å²) in [6.07, 6.45) is 3.53. The average Bonchev–Trinajstić information content (AvgIpc) is 2.60. The summed E-state index contributed by atoms with van der Waals surface area (Å²) in [5, 5.41) is 22.5. The molecule has 9 heteroatoms. The molecule has 0 bridgehead atoms. The van der Waals surface area contributed by atoms with Gasteiger partial charge in [-0.1, -0.05) is 29.8 Å². The summed E-state index contributed by atoms with van der Waals surface area (Å²) in [5.74, 6) is -0.102. The molecule has 0 radical (unpaired) electrons. The number of halogens is 2. The summed E-state index contributed by atoms with van der Waals surface area (Å²) in [7, 11) is 0. The number of aromatic nitrogens is 2. The number of rotatable bonds is 7. The molecular formula is C15H16ClFN6O. The van der Waals surface area contributed by atoms with Gasteiger partial charge in [-0.25, -0.2) is 9.37 Å². The highest BCUT2D eigenvalue weighted by atomic mass is 35.5. The quantitative estimate of drug-likeness (QED) is 0.489. The van der Waals surface area contributed by atoms with Crippen LogP contribution in [-0.4, -0.2) is 27.9 Å². The van der Waals surface area contributed by atoms with E-state index in [0.29, 0.717) is 0 Å². The van der Waals surface area contributed by atoms with Crippen molar-refractivity contribution in [1.29, 1.82) is 5.41 Å². The molecule has 1 aromatic heterocycles. The van der Waals surface area contributed by atoms with Crippen LogP contribution in [0.3, 0.4) is 0 Å². The number of benzene rings is 1. The number of nitrogens with zero attached hydrogens (tertiary/aromatic N) is 2. The van der Waals surface area contributed by atoms with Crippen molar-refractivity contribution < 1.29 is 9.50 Å². The number of allylic oxidation sites excluding steroid dienone is 1. The predicted octanol–water partition coefficient (Wildman–Crippen LogP) is 2.28. The zero-order valence-corrected chi connectivity index (χ0v) is 13.3. The molecule has 1 heterocycles. The van der Waals surface area contributed by atoms with Crippen LogP contribution in [0, 0.1) is 11.2 Å². The van der Waals surface area contributed by atoms with Crippen LogP contribution in [0.1, 0.15) is 11.6 Å². The minimum Gasteiger partial charge on any atom is -0.403 e. The van der Waals surface area contributed by atoms with Gasteiger partial charge in [-0.15, -0.1) is 0 Å². The fourth-order valence-electron chi connectivity index (χ4n) is 1.93. The van der Waals surface area contributed by atoms with Gasteiger partial charge in [0.1, 0.15) is 10.8 Å². The Hall–Kier alpha value is -2.71. The Morgan fingerprint density at radius 1 is 1.46 bits per heavy atom. The standard InChI is InChI=1S/C15H16ClFN6O/c16-11-7-20-15(21-9(5-18)6-19)23-14(11)22-13(8-24)10-3-1-2-4-12(10)17/h1-7,13,18,24H,8,19H2,(H2,20,21,22,23)/b9-6+,18-5?. The summed E-state index contributed by atoms with van der Waals surface area (Å²) in [6, 6.07) is 5.35. The first-order chi connectivity index (χ1) is 11.6. The van der Waals surface area contributed by atoms with Crippen molar-refractivity contribution in [3.05, 3.63) is 58.8 Å². The lowest BCUT2D eigenvalue weighted by Gasteiger charge is -2.19. The highest BCUT2D eigenvalue weighted by Gasteiger charge is 2.17. The third kappa shape index (κ3) is 4.18. The van der Waals surface area contributed by atoms with Crippen LogP contribution in [0.25, 0.3) is 0 Å². The third-order valence-corrected chi connectivity index (χ3v) is 3.39. The number of anilines is 2. The predicted molar refractivity (Wildman–Crippen MR) is 91.6 cm³/mol. The summed E-state index contributed by atoms with van der Waals surface area (Å²) in [5.41, 5.74) is 5.92. The highest BCUT2D eigenvalue weighted by Crippen LogP contribution is 2.26. The van der Waals surface area contributed by atoms with E-state index in [1.807, 2.05) is 0 Å². The fourth-order valence-corrected chi connectivity index (χ4v) is 2.07. The van der Waals surface area contributed by atoms with Gasteiger partial charge < -0.3 is 26.9 Å². The van der Waals surface area contributed by atoms with Gasteiger partial charge in [0.15, 0.2) is 5.82 Å². The second-order valence-corrected chi connectivity index (χ2v) is 5.09. The monoisotopic (exact) mass is 350 g/mol. The number of nitrogens with one attached hydrogen (secondary N) is 3. The molecule has 0 saturated heterocycles. The molecular weight excluding hydrogens is 335 g/mol. The van der Waals surface area contributed by atoms with Gasteiger partial charge >= 0.3 is 0 Å². The lowest BCUT2D eigenvalue weighted by molar-refractivity contribution is 0.273. The minimum absolute atomic E-state index is 0.146. The maximum atomic E-state index is 13.9. The van der Waals surface area contributed by atoms with Gasteiger partial charge in [-0.05, 0) is 6.07 Å². The Bertz CT molecular complexity index is 754. The molecule has 0 aliphatic rings. The molecule has 1 unspecified atom stereocenters. The van der Waals surface area contributed by atoms with E-state index >= 15 is 0 Å². The molecule has 1 atom stereocenters. The highest BCUT2D eigenvalue weighted by molar-refractivity contribution is 6.32. The van der Waals surface area contributed by atoms with E-state index in [9.17, 15) is 9.50 Å². The number of aliphatic hydroxyl groups is 1. The first kappa shape index (κ1) is 17.6. The SMILES string of the molecule is N=C/C(=C\N)Nc1ncc(Cl)c(NC(CO)c2ccccc2F)n1. The lowest BCUT2D eigenvalue weighted by atomic mass is 10.1. The Kier molecular flexibility index (Phi) is 6.05. The first-order valence-corrected chi connectivity index (χ1v) is 7.30. The Labute approximate surface area is 142 Å². The fraction of sp³-hybridized carbons (Fsp3) is 0.133. The maximum Gasteiger partial charge on any atom is 0.229 e. The van der Waals surface area contributed by atoms with Gasteiger partial charge in [0.05, 0.1) is 24.5 Å². The minimum atomic E-state index is -0.737. The first-order valence-electron chi connectivity index (χ1n) is 6.92. The molecule has 0 fully saturated rings. The van der Waals surface area contributed by atoms with E-state index in [2.05, 4.69) is 20.6 Å². The van der Waals surface area contributed by atoms with Crippen molar-refractivity contribution >= 4 is 29.6 Å². The van der Waals surface area contributed by atoms with Gasteiger partial charge in [-0.2, -0.15) is 4.98 Å². The van der Waals surface area contributed by atoms with Crippen LogP contribution in [0.2, 0.25) is 5.02 Å². The van der Waals surface area contributed by atoms with Crippen molar-refractivity contribution in [2.75, 3.05) is 17.2 Å². The zero-order chi connectivity index (χ0) is 17.5. The van der Waals surface area contributed by atoms with Crippen molar-refractivity contribution in [3.63, 3.8) is 0 Å². The molecule has 6 N–H and O–H groups in total. The van der Waals surface area contributed by atoms with E-state index in [4.69, 9.17) is 22.7 Å². The smallest absolute Gasteiger partial charge is 0.229 e. The largest absolute Gasteiger partial charge is 0.403 e. The molecule has 24 heavy (non-hydrogen) atoms. The average molecular weight is 351 g/mol. The molecule has 0 saturated carbocycles. The maximum absolute atomic E-state index is 13.9. The van der Waals surface area contributed by atoms with Crippen LogP contribution in [0.5, 0.6) is 0 Å². The summed E-state index contributed by atoms with van der Waals surface area (Å²) in [4.78, 5) is 8.12. The zero-order valence-electron chi connectivity index (χ0n) is 12.5. The summed E-state index contributed by atoms with van der Waals surface area (Å²) >= 11 is 6.05. The molecule has 7 nitrogen and oxygen atoms in total. The van der Waals surface area contributed by atoms with Crippen LogP contribution < -0.4 is 16.4 Å². The molecule has 1 aromatic carbocycles. The molecule has 126 valence electrons. The van der Waals surface area contributed by atoms with E-state index in [1.54, 1.807) is 18.2 Å². The molecule has 2 rings (SSSR count). The van der Waals surface area contributed by atoms with Crippen LogP contribution >= 0.6 is 11.6 Å². The van der Waals surface area contributed by atoms with Crippen LogP contribution in [0.15, 0.2) is 42.4 Å². The van der Waals surface area contributed by atoms with Crippen molar-refractivity contribution in [3.8, 4) is 0 Å². The molecule has 0 amide bonds. The van der Waals surface area contributed by atoms with Gasteiger partial charge in [0, 0.05) is 18.0 Å². The number of aliphatic hydroxyl groups excluding tert-OH is 1. The van der Waals surface area contributed by atoms with Gasteiger partial charge in [-0.3, -0.25) is 0 Å². The van der Waals surface area contributed by atoms with E-state index in [0.717, 1.165) is 6.21 Å². The Morgan fingerprint density at radius 2 is 2.21 bits per heavy atom. The van der Waals surface area contributed by atoms with Gasteiger partial charge in [0.25, 0.3) is 0 Å². The summed E-state index contributed by atoms with van der Waals surface area (Å²) < 4.78 is 13.9. The molecule has 0 spiro atoms. The van der Waals surface area contributed by atoms with E-state index in [1.165, 1.54) is 18.5 Å². The van der Waals surface area contributed by atoms with Crippen molar-refractivity contribution in [2.45, 2.75) is 6.04 Å². The van der Waals surface area contributed by atoms with Crippen molar-refractivity contribution in [2.24, 2.45) is 5.73 Å². The lowest BCUT2D eigenvalue weighted by Crippen LogP contribution is -2.18. The van der Waals surface area contributed by atoms with E-state index in [-0.39, 0.29) is 34.7 Å². The number of hydrogen-bond acceptors (Lipinski definition) is 7. The van der Waals surface area contributed by atoms with Crippen LogP contribution in [-0.2, 0) is 0 Å². The topological polar surface area (TPSA) is 120 Å². The Balaban J connectivity index is 2.27. The molecule has 0 aliphatic carbocycles. The second kappa shape index (κ2) is 8.23. The van der Waals surface area contributed by atoms with Crippen molar-refractivity contribution in [1.82, 2.24) is 9.97 Å². The number of hydrogen-bond donors (Lipinski definition) is 5. The number of nitrogens with two attached hydrogens (primary N) is 1. The molecule has 2 aromatic rings. The van der Waals surface area contributed by atoms with Crippen LogP contribution in [0.4, 0.5) is 16.2 Å². The normalized spacial score (nSPS) is 12.5. The van der Waals surface area contributed by atoms with Gasteiger partial charge in [0.2, 0.25) is 5.95 Å². The molecule has 0 aliphatic heterocycles. The second-order valence-electron chi connectivity index (χ2n) is 4.68. The third-order valence-electron chi connectivity index (χ3n) is 3.11. The summed E-state index contributed by atoms with van der Waals surface area (Å²) in [6.45, 7) is -0.363.